The highest BCUT2D eigenvalue weighted by Gasteiger charge is 2.40. The molecule has 0 spiro atoms. The van der Waals surface area contributed by atoms with Gasteiger partial charge in [-0.3, -0.25) is 9.59 Å². The van der Waals surface area contributed by atoms with E-state index in [4.69, 9.17) is 9.47 Å². The number of methoxy groups -OCH3 is 1. The van der Waals surface area contributed by atoms with Gasteiger partial charge in [0.05, 0.1) is 25.0 Å². The van der Waals surface area contributed by atoms with Crippen molar-refractivity contribution in [3.05, 3.63) is 89.9 Å². The lowest BCUT2D eigenvalue weighted by atomic mass is 10.0. The molecule has 0 atom stereocenters. The zero-order chi connectivity index (χ0) is 22.7. The second-order valence-electron chi connectivity index (χ2n) is 6.99. The number of amides is 2. The van der Waals surface area contributed by atoms with Crippen LogP contribution in [0.2, 0.25) is 0 Å². The van der Waals surface area contributed by atoms with E-state index >= 15 is 0 Å². The molecule has 3 aromatic rings. The zero-order valence-corrected chi connectivity index (χ0v) is 17.6. The quantitative estimate of drug-likeness (QED) is 0.552. The number of halogens is 1. The first kappa shape index (κ1) is 21.1. The standard InChI is InChI=1S/C25H21FN2O4/c1-3-32-21-6-4-5-19(15-21)28-24(29)22(16-7-9-17(26)10-8-16)23(25(28)30)27-18-11-13-20(31-2)14-12-18/h4-15,27H,3H2,1-2H3. The number of ether oxygens (including phenoxy) is 2. The molecule has 2 amide bonds. The van der Waals surface area contributed by atoms with Crippen LogP contribution in [0.4, 0.5) is 15.8 Å². The summed E-state index contributed by atoms with van der Waals surface area (Å²) in [5, 5.41) is 3.06. The Morgan fingerprint density at radius 2 is 1.62 bits per heavy atom. The van der Waals surface area contributed by atoms with Gasteiger partial charge in [-0.25, -0.2) is 9.29 Å². The van der Waals surface area contributed by atoms with Crippen LogP contribution in [0, 0.1) is 5.82 Å². The summed E-state index contributed by atoms with van der Waals surface area (Å²) in [6, 6.07) is 19.2. The van der Waals surface area contributed by atoms with Crippen molar-refractivity contribution in [3.63, 3.8) is 0 Å². The van der Waals surface area contributed by atoms with E-state index in [9.17, 15) is 14.0 Å². The molecule has 1 N–H and O–H groups in total. The molecule has 32 heavy (non-hydrogen) atoms. The van der Waals surface area contributed by atoms with Crippen LogP contribution in [0.1, 0.15) is 12.5 Å². The normalized spacial score (nSPS) is 13.5. The molecular formula is C25H21FN2O4. The van der Waals surface area contributed by atoms with E-state index in [2.05, 4.69) is 5.32 Å². The molecule has 0 radical (unpaired) electrons. The highest BCUT2D eigenvalue weighted by atomic mass is 19.1. The van der Waals surface area contributed by atoms with Crippen molar-refractivity contribution >= 4 is 28.8 Å². The summed E-state index contributed by atoms with van der Waals surface area (Å²) in [6.07, 6.45) is 0. The molecule has 0 aromatic heterocycles. The largest absolute Gasteiger partial charge is 0.497 e. The summed E-state index contributed by atoms with van der Waals surface area (Å²) in [7, 11) is 1.56. The number of nitrogens with one attached hydrogen (secondary N) is 1. The molecule has 162 valence electrons. The Balaban J connectivity index is 1.77. The number of hydrogen-bond acceptors (Lipinski definition) is 5. The monoisotopic (exact) mass is 432 g/mol. The summed E-state index contributed by atoms with van der Waals surface area (Å²) in [5.41, 5.74) is 1.69. The van der Waals surface area contributed by atoms with E-state index in [0.29, 0.717) is 35.0 Å². The van der Waals surface area contributed by atoms with Gasteiger partial charge in [0.2, 0.25) is 0 Å². The number of nitrogens with zero attached hydrogens (tertiary/aromatic N) is 1. The van der Waals surface area contributed by atoms with E-state index in [0.717, 1.165) is 4.90 Å². The topological polar surface area (TPSA) is 67.9 Å². The number of benzene rings is 3. The van der Waals surface area contributed by atoms with Gasteiger partial charge in [0.1, 0.15) is 23.0 Å². The van der Waals surface area contributed by atoms with Crippen LogP contribution in [0.25, 0.3) is 5.57 Å². The van der Waals surface area contributed by atoms with Crippen LogP contribution in [0.5, 0.6) is 11.5 Å². The molecule has 0 aliphatic carbocycles. The van der Waals surface area contributed by atoms with Gasteiger partial charge in [-0.15, -0.1) is 0 Å². The molecule has 0 saturated carbocycles. The summed E-state index contributed by atoms with van der Waals surface area (Å²) in [6.45, 7) is 2.30. The molecule has 6 nitrogen and oxygen atoms in total. The minimum Gasteiger partial charge on any atom is -0.497 e. The first-order valence-electron chi connectivity index (χ1n) is 10.0. The minimum absolute atomic E-state index is 0.105. The van der Waals surface area contributed by atoms with Crippen LogP contribution in [0.3, 0.4) is 0 Å². The molecule has 0 saturated heterocycles. The number of imide groups is 1. The molecule has 1 aliphatic heterocycles. The van der Waals surface area contributed by atoms with Crippen LogP contribution >= 0.6 is 0 Å². The van der Waals surface area contributed by atoms with E-state index < -0.39 is 17.6 Å². The third kappa shape index (κ3) is 4.05. The van der Waals surface area contributed by atoms with Gasteiger partial charge in [-0.1, -0.05) is 18.2 Å². The molecule has 7 heteroatoms. The Morgan fingerprint density at radius 3 is 2.28 bits per heavy atom. The molecule has 0 unspecified atom stereocenters. The van der Waals surface area contributed by atoms with Crippen LogP contribution in [0.15, 0.2) is 78.5 Å². The molecule has 1 heterocycles. The van der Waals surface area contributed by atoms with E-state index in [1.807, 2.05) is 6.92 Å². The van der Waals surface area contributed by atoms with Gasteiger partial charge in [-0.05, 0) is 61.0 Å². The summed E-state index contributed by atoms with van der Waals surface area (Å²) < 4.78 is 24.2. The molecular weight excluding hydrogens is 411 g/mol. The van der Waals surface area contributed by atoms with E-state index in [1.54, 1.807) is 55.6 Å². The van der Waals surface area contributed by atoms with Crippen molar-refractivity contribution in [1.29, 1.82) is 0 Å². The molecule has 3 aromatic carbocycles. The Labute approximate surface area is 184 Å². The Hall–Kier alpha value is -4.13. The number of rotatable bonds is 7. The van der Waals surface area contributed by atoms with E-state index in [-0.39, 0.29) is 11.3 Å². The minimum atomic E-state index is -0.515. The van der Waals surface area contributed by atoms with Crippen molar-refractivity contribution in [2.24, 2.45) is 0 Å². The van der Waals surface area contributed by atoms with Crippen molar-refractivity contribution in [1.82, 2.24) is 0 Å². The zero-order valence-electron chi connectivity index (χ0n) is 17.6. The lowest BCUT2D eigenvalue weighted by Gasteiger charge is -2.16. The molecule has 4 rings (SSSR count). The predicted octanol–water partition coefficient (Wildman–Crippen LogP) is 4.63. The van der Waals surface area contributed by atoms with Gasteiger partial charge in [-0.2, -0.15) is 0 Å². The first-order valence-corrected chi connectivity index (χ1v) is 10.0. The highest BCUT2D eigenvalue weighted by Crippen LogP contribution is 2.35. The van der Waals surface area contributed by atoms with Gasteiger partial charge in [0.25, 0.3) is 11.8 Å². The highest BCUT2D eigenvalue weighted by molar-refractivity contribution is 6.46. The summed E-state index contributed by atoms with van der Waals surface area (Å²) in [5.74, 6) is -0.251. The maximum Gasteiger partial charge on any atom is 0.282 e. The van der Waals surface area contributed by atoms with Gasteiger partial charge in [0, 0.05) is 11.8 Å². The van der Waals surface area contributed by atoms with Crippen LogP contribution in [-0.4, -0.2) is 25.5 Å². The Bertz CT molecular complexity index is 1190. The third-order valence-electron chi connectivity index (χ3n) is 4.96. The average Bonchev–Trinajstić information content (AvgIpc) is 3.04. The van der Waals surface area contributed by atoms with Crippen molar-refractivity contribution < 1.29 is 23.5 Å². The van der Waals surface area contributed by atoms with Crippen LogP contribution in [-0.2, 0) is 9.59 Å². The lowest BCUT2D eigenvalue weighted by Crippen LogP contribution is -2.32. The fourth-order valence-corrected chi connectivity index (χ4v) is 3.46. The molecule has 0 fully saturated rings. The second kappa shape index (κ2) is 8.93. The fraction of sp³-hybridized carbons (Fsp3) is 0.120. The molecule has 1 aliphatic rings. The summed E-state index contributed by atoms with van der Waals surface area (Å²) >= 11 is 0. The first-order chi connectivity index (χ1) is 15.5. The van der Waals surface area contributed by atoms with Gasteiger partial charge < -0.3 is 14.8 Å². The van der Waals surface area contributed by atoms with Crippen molar-refractivity contribution in [2.75, 3.05) is 23.9 Å². The fourth-order valence-electron chi connectivity index (χ4n) is 3.46. The maximum atomic E-state index is 13.5. The lowest BCUT2D eigenvalue weighted by molar-refractivity contribution is -0.120. The van der Waals surface area contributed by atoms with Crippen LogP contribution < -0.4 is 19.7 Å². The van der Waals surface area contributed by atoms with Crippen molar-refractivity contribution in [2.45, 2.75) is 6.92 Å². The molecule has 0 bridgehead atoms. The Kier molecular flexibility index (Phi) is 5.89. The number of hydrogen-bond donors (Lipinski definition) is 1. The SMILES string of the molecule is CCOc1cccc(N2C(=O)C(Nc3ccc(OC)cc3)=C(c3ccc(F)cc3)C2=O)c1. The number of carbonyl (C=O) groups excluding carboxylic acids is 2. The number of carbonyl (C=O) groups is 2. The third-order valence-corrected chi connectivity index (χ3v) is 4.96. The second-order valence-corrected chi connectivity index (χ2v) is 6.99. The van der Waals surface area contributed by atoms with Gasteiger partial charge >= 0.3 is 0 Å². The van der Waals surface area contributed by atoms with Gasteiger partial charge in [0.15, 0.2) is 0 Å². The van der Waals surface area contributed by atoms with E-state index in [1.165, 1.54) is 24.3 Å². The van der Waals surface area contributed by atoms with Crippen molar-refractivity contribution in [3.8, 4) is 11.5 Å². The predicted molar refractivity (Wildman–Crippen MR) is 120 cm³/mol. The number of anilines is 2. The maximum absolute atomic E-state index is 13.5. The Morgan fingerprint density at radius 1 is 0.906 bits per heavy atom. The smallest absolute Gasteiger partial charge is 0.282 e. The summed E-state index contributed by atoms with van der Waals surface area (Å²) in [4.78, 5) is 27.9. The average molecular weight is 432 g/mol.